The summed E-state index contributed by atoms with van der Waals surface area (Å²) in [5, 5.41) is 0.783. The number of allylic oxidation sites excluding steroid dienone is 1. The van der Waals surface area contributed by atoms with E-state index in [1.165, 1.54) is 6.07 Å². The van der Waals surface area contributed by atoms with Crippen molar-refractivity contribution in [1.29, 1.82) is 0 Å². The van der Waals surface area contributed by atoms with Crippen molar-refractivity contribution in [1.82, 2.24) is 0 Å². The molecule has 0 bridgehead atoms. The average Bonchev–Trinajstić information content (AvgIpc) is 2.48. The van der Waals surface area contributed by atoms with Gasteiger partial charge in [0.1, 0.15) is 23.7 Å². The minimum absolute atomic E-state index is 0.0797. The second-order valence-electron chi connectivity index (χ2n) is 6.11. The van der Waals surface area contributed by atoms with E-state index in [0.29, 0.717) is 23.5 Å². The first-order chi connectivity index (χ1) is 10.9. The van der Waals surface area contributed by atoms with Crippen LogP contribution in [0.3, 0.4) is 0 Å². The molecular weight excluding hydrogens is 292 g/mol. The zero-order chi connectivity index (χ0) is 17.0. The molecule has 0 aliphatic rings. The summed E-state index contributed by atoms with van der Waals surface area (Å²) in [7, 11) is 0. The Bertz CT molecular complexity index is 793. The molecule has 1 heterocycles. The molecular formula is C19H22O4. The van der Waals surface area contributed by atoms with Crippen molar-refractivity contribution >= 4 is 16.8 Å². The van der Waals surface area contributed by atoms with E-state index in [1.54, 1.807) is 6.07 Å². The average molecular weight is 314 g/mol. The van der Waals surface area contributed by atoms with E-state index in [4.69, 9.17) is 9.15 Å². The van der Waals surface area contributed by atoms with Gasteiger partial charge in [0.25, 0.3) is 0 Å². The Morgan fingerprint density at radius 1 is 1.22 bits per heavy atom. The molecule has 0 saturated carbocycles. The van der Waals surface area contributed by atoms with Crippen molar-refractivity contribution in [3.05, 3.63) is 51.9 Å². The molecule has 0 atom stereocenters. The number of hydrogen-bond acceptors (Lipinski definition) is 4. The van der Waals surface area contributed by atoms with Crippen molar-refractivity contribution in [2.24, 2.45) is 5.92 Å². The van der Waals surface area contributed by atoms with Crippen LogP contribution in [-0.2, 0) is 11.2 Å². The standard InChI is InChI=1S/C19H22O4/c1-12(2)9-10-22-17-7-5-14-6-8-18(21)23-19(14)15(17)11-16(20)13(3)4/h5-9,13H,10-11H2,1-4H3. The maximum absolute atomic E-state index is 12.2. The lowest BCUT2D eigenvalue weighted by atomic mass is 9.98. The molecule has 0 N–H and O–H groups in total. The number of ketones is 1. The van der Waals surface area contributed by atoms with Crippen LogP contribution in [0.4, 0.5) is 0 Å². The van der Waals surface area contributed by atoms with Crippen LogP contribution < -0.4 is 10.4 Å². The summed E-state index contributed by atoms with van der Waals surface area (Å²) in [6, 6.07) is 6.73. The molecule has 0 aliphatic heterocycles. The Morgan fingerprint density at radius 3 is 2.57 bits per heavy atom. The lowest BCUT2D eigenvalue weighted by Crippen LogP contribution is -2.12. The minimum Gasteiger partial charge on any atom is -0.489 e. The lowest BCUT2D eigenvalue weighted by Gasteiger charge is -2.13. The van der Waals surface area contributed by atoms with Gasteiger partial charge in [0.05, 0.1) is 0 Å². The quantitative estimate of drug-likeness (QED) is 0.599. The number of carbonyl (C=O) groups excluding carboxylic acids is 1. The van der Waals surface area contributed by atoms with Crippen LogP contribution in [-0.4, -0.2) is 12.4 Å². The summed E-state index contributed by atoms with van der Waals surface area (Å²) < 4.78 is 11.1. The second kappa shape index (κ2) is 7.27. The third-order valence-electron chi connectivity index (χ3n) is 3.57. The SMILES string of the molecule is CC(C)=CCOc1ccc2ccc(=O)oc2c1CC(=O)C(C)C. The van der Waals surface area contributed by atoms with E-state index in [0.717, 1.165) is 11.0 Å². The summed E-state index contributed by atoms with van der Waals surface area (Å²) in [6.07, 6.45) is 2.14. The van der Waals surface area contributed by atoms with Crippen molar-refractivity contribution in [3.8, 4) is 5.75 Å². The van der Waals surface area contributed by atoms with Crippen LogP contribution in [0.25, 0.3) is 11.0 Å². The largest absolute Gasteiger partial charge is 0.489 e. The van der Waals surface area contributed by atoms with Gasteiger partial charge in [-0.3, -0.25) is 4.79 Å². The number of rotatable bonds is 6. The number of ether oxygens (including phenoxy) is 1. The van der Waals surface area contributed by atoms with Gasteiger partial charge >= 0.3 is 5.63 Å². The van der Waals surface area contributed by atoms with E-state index in [2.05, 4.69) is 0 Å². The van der Waals surface area contributed by atoms with E-state index >= 15 is 0 Å². The minimum atomic E-state index is -0.433. The van der Waals surface area contributed by atoms with Gasteiger partial charge in [-0.25, -0.2) is 4.79 Å². The van der Waals surface area contributed by atoms with Crippen LogP contribution in [0.1, 0.15) is 33.3 Å². The van der Waals surface area contributed by atoms with Gasteiger partial charge in [0.2, 0.25) is 0 Å². The predicted molar refractivity (Wildman–Crippen MR) is 91.0 cm³/mol. The Morgan fingerprint density at radius 2 is 1.91 bits per heavy atom. The molecule has 1 aromatic carbocycles. The molecule has 4 nitrogen and oxygen atoms in total. The third-order valence-corrected chi connectivity index (χ3v) is 3.57. The highest BCUT2D eigenvalue weighted by molar-refractivity contribution is 5.90. The number of Topliss-reactive ketones (excluding diaryl/α,β-unsaturated/α-hetero) is 1. The number of hydrogen-bond donors (Lipinski definition) is 0. The molecule has 0 fully saturated rings. The smallest absolute Gasteiger partial charge is 0.336 e. The summed E-state index contributed by atoms with van der Waals surface area (Å²) in [4.78, 5) is 23.8. The van der Waals surface area contributed by atoms with E-state index in [9.17, 15) is 9.59 Å². The first kappa shape index (κ1) is 17.0. The summed E-state index contributed by atoms with van der Waals surface area (Å²) in [5.74, 6) is 0.570. The summed E-state index contributed by atoms with van der Waals surface area (Å²) in [5.41, 5.74) is 1.79. The van der Waals surface area contributed by atoms with Crippen LogP contribution in [0.15, 0.2) is 45.1 Å². The normalized spacial score (nSPS) is 10.8. The summed E-state index contributed by atoms with van der Waals surface area (Å²) in [6.45, 7) is 8.10. The number of carbonyl (C=O) groups is 1. The van der Waals surface area contributed by atoms with Gasteiger partial charge in [0.15, 0.2) is 0 Å². The van der Waals surface area contributed by atoms with Crippen molar-refractivity contribution < 1.29 is 13.9 Å². The van der Waals surface area contributed by atoms with Crippen LogP contribution in [0, 0.1) is 5.92 Å². The van der Waals surface area contributed by atoms with Crippen LogP contribution in [0.5, 0.6) is 5.75 Å². The highest BCUT2D eigenvalue weighted by Gasteiger charge is 2.17. The van der Waals surface area contributed by atoms with Gasteiger partial charge in [-0.05, 0) is 38.1 Å². The molecule has 122 valence electrons. The number of benzene rings is 1. The Hall–Kier alpha value is -2.36. The Labute approximate surface area is 135 Å². The molecule has 0 aliphatic carbocycles. The Kier molecular flexibility index (Phi) is 5.37. The molecule has 4 heteroatoms. The zero-order valence-corrected chi connectivity index (χ0v) is 14.0. The lowest BCUT2D eigenvalue weighted by molar-refractivity contribution is -0.121. The fourth-order valence-corrected chi connectivity index (χ4v) is 2.15. The Balaban J connectivity index is 2.49. The second-order valence-corrected chi connectivity index (χ2v) is 6.11. The molecule has 23 heavy (non-hydrogen) atoms. The van der Waals surface area contributed by atoms with E-state index < -0.39 is 5.63 Å². The molecule has 0 unspecified atom stereocenters. The number of fused-ring (bicyclic) bond motifs is 1. The van der Waals surface area contributed by atoms with Gasteiger partial charge in [-0.2, -0.15) is 0 Å². The maximum Gasteiger partial charge on any atom is 0.336 e. The predicted octanol–water partition coefficient (Wildman–Crippen LogP) is 3.91. The van der Waals surface area contributed by atoms with Gasteiger partial charge < -0.3 is 9.15 Å². The molecule has 2 rings (SSSR count). The monoisotopic (exact) mass is 314 g/mol. The zero-order valence-electron chi connectivity index (χ0n) is 14.0. The third kappa shape index (κ3) is 4.31. The van der Waals surface area contributed by atoms with Crippen LogP contribution >= 0.6 is 0 Å². The first-order valence-electron chi connectivity index (χ1n) is 7.73. The van der Waals surface area contributed by atoms with Crippen molar-refractivity contribution in [3.63, 3.8) is 0 Å². The van der Waals surface area contributed by atoms with Gasteiger partial charge in [-0.15, -0.1) is 0 Å². The highest BCUT2D eigenvalue weighted by Crippen LogP contribution is 2.28. The highest BCUT2D eigenvalue weighted by atomic mass is 16.5. The van der Waals surface area contributed by atoms with E-state index in [-0.39, 0.29) is 18.1 Å². The van der Waals surface area contributed by atoms with E-state index in [1.807, 2.05) is 45.9 Å². The molecule has 0 saturated heterocycles. The molecule has 0 amide bonds. The molecule has 1 aromatic heterocycles. The van der Waals surface area contributed by atoms with Crippen molar-refractivity contribution in [2.45, 2.75) is 34.1 Å². The van der Waals surface area contributed by atoms with Crippen LogP contribution in [0.2, 0.25) is 0 Å². The van der Waals surface area contributed by atoms with Crippen molar-refractivity contribution in [2.75, 3.05) is 6.61 Å². The molecule has 0 radical (unpaired) electrons. The topological polar surface area (TPSA) is 56.5 Å². The van der Waals surface area contributed by atoms with Gasteiger partial charge in [0, 0.05) is 29.4 Å². The maximum atomic E-state index is 12.2. The fourth-order valence-electron chi connectivity index (χ4n) is 2.15. The first-order valence-corrected chi connectivity index (χ1v) is 7.73. The van der Waals surface area contributed by atoms with Gasteiger partial charge in [-0.1, -0.05) is 19.4 Å². The molecule has 2 aromatic rings. The summed E-state index contributed by atoms with van der Waals surface area (Å²) >= 11 is 0. The molecule has 0 spiro atoms. The fraction of sp³-hybridized carbons (Fsp3) is 0.368.